The Balaban J connectivity index is 1.68. The lowest BCUT2D eigenvalue weighted by Gasteiger charge is -2.38. The van der Waals surface area contributed by atoms with Gasteiger partial charge in [-0.25, -0.2) is 4.68 Å². The first kappa shape index (κ1) is 18.1. The summed E-state index contributed by atoms with van der Waals surface area (Å²) in [7, 11) is 0. The second-order valence-corrected chi connectivity index (χ2v) is 9.53. The zero-order valence-electron chi connectivity index (χ0n) is 16.6. The molecule has 0 bridgehead atoms. The Kier molecular flexibility index (Phi) is 3.93. The molecule has 29 heavy (non-hydrogen) atoms. The highest BCUT2D eigenvalue weighted by atomic mass is 32.1. The van der Waals surface area contributed by atoms with Crippen molar-refractivity contribution < 1.29 is 9.90 Å². The molecule has 2 aliphatic rings. The molecule has 2 N–H and O–H groups in total. The Bertz CT molecular complexity index is 1150. The summed E-state index contributed by atoms with van der Waals surface area (Å²) >= 11 is 1.65. The minimum atomic E-state index is -0.261. The van der Waals surface area contributed by atoms with Crippen LogP contribution >= 0.6 is 11.3 Å². The molecule has 1 aromatic carbocycles. The zero-order valence-corrected chi connectivity index (χ0v) is 17.4. The number of rotatable bonds is 2. The van der Waals surface area contributed by atoms with Gasteiger partial charge in [0.2, 0.25) is 5.95 Å². The van der Waals surface area contributed by atoms with Crippen LogP contribution in [0.2, 0.25) is 0 Å². The molecule has 7 heteroatoms. The summed E-state index contributed by atoms with van der Waals surface area (Å²) in [6.45, 7) is 6.33. The van der Waals surface area contributed by atoms with Crippen LogP contribution < -0.4 is 5.32 Å². The lowest BCUT2D eigenvalue weighted by molar-refractivity contribution is -0.118. The number of nitrogens with zero attached hydrogens (tertiary/aromatic N) is 3. The first-order valence-electron chi connectivity index (χ1n) is 9.66. The summed E-state index contributed by atoms with van der Waals surface area (Å²) in [5.74, 6) is 1.59. The molecule has 0 saturated heterocycles. The minimum absolute atomic E-state index is 0.0834. The molecular formula is C22H22N4O2S. The van der Waals surface area contributed by atoms with E-state index in [1.54, 1.807) is 35.6 Å². The van der Waals surface area contributed by atoms with Crippen molar-refractivity contribution in [2.24, 2.45) is 5.41 Å². The minimum Gasteiger partial charge on any atom is -0.508 e. The monoisotopic (exact) mass is 406 g/mol. The Morgan fingerprint density at radius 2 is 1.97 bits per heavy atom. The maximum Gasteiger partial charge on any atom is 0.226 e. The number of allylic oxidation sites excluding steroid dienone is 2. The van der Waals surface area contributed by atoms with Crippen molar-refractivity contribution in [3.8, 4) is 17.1 Å². The predicted octanol–water partition coefficient (Wildman–Crippen LogP) is 4.68. The number of aryl methyl sites for hydroxylation is 1. The van der Waals surface area contributed by atoms with E-state index in [0.29, 0.717) is 18.2 Å². The Morgan fingerprint density at radius 1 is 1.21 bits per heavy atom. The van der Waals surface area contributed by atoms with Gasteiger partial charge in [0.05, 0.1) is 0 Å². The summed E-state index contributed by atoms with van der Waals surface area (Å²) in [6, 6.07) is 8.66. The van der Waals surface area contributed by atoms with E-state index in [1.807, 2.05) is 4.68 Å². The lowest BCUT2D eigenvalue weighted by atomic mass is 9.73. The molecule has 1 atom stereocenters. The molecule has 148 valence electrons. The first-order chi connectivity index (χ1) is 13.8. The molecule has 1 aliphatic heterocycles. The van der Waals surface area contributed by atoms with Crippen molar-refractivity contribution in [2.75, 3.05) is 5.32 Å². The molecule has 0 radical (unpaired) electrons. The number of thiophene rings is 1. The van der Waals surface area contributed by atoms with Crippen LogP contribution in [0.25, 0.3) is 11.4 Å². The van der Waals surface area contributed by atoms with Crippen LogP contribution in [0.4, 0.5) is 5.95 Å². The second kappa shape index (κ2) is 6.29. The maximum absolute atomic E-state index is 13.2. The molecular weight excluding hydrogens is 384 g/mol. The molecule has 6 nitrogen and oxygen atoms in total. The van der Waals surface area contributed by atoms with Crippen LogP contribution in [0.1, 0.15) is 43.2 Å². The van der Waals surface area contributed by atoms with Crippen LogP contribution in [-0.4, -0.2) is 25.7 Å². The van der Waals surface area contributed by atoms with Crippen molar-refractivity contribution in [1.82, 2.24) is 14.8 Å². The van der Waals surface area contributed by atoms with Gasteiger partial charge in [-0.05, 0) is 60.0 Å². The highest BCUT2D eigenvalue weighted by molar-refractivity contribution is 7.10. The highest BCUT2D eigenvalue weighted by Gasteiger charge is 2.42. The Hall–Kier alpha value is -2.93. The van der Waals surface area contributed by atoms with Crippen LogP contribution in [0.3, 0.4) is 0 Å². The number of hydrogen-bond acceptors (Lipinski definition) is 6. The number of aromatic nitrogens is 3. The van der Waals surface area contributed by atoms with Crippen molar-refractivity contribution in [1.29, 1.82) is 0 Å². The van der Waals surface area contributed by atoms with Crippen LogP contribution in [0, 0.1) is 12.3 Å². The Labute approximate surface area is 172 Å². The number of phenols is 1. The number of Topliss-reactive ketones (excluding diaryl/α,β-unsaturated/α-hetero) is 1. The van der Waals surface area contributed by atoms with E-state index in [1.165, 1.54) is 0 Å². The second-order valence-electron chi connectivity index (χ2n) is 8.58. The molecule has 0 spiro atoms. The quantitative estimate of drug-likeness (QED) is 0.646. The van der Waals surface area contributed by atoms with Crippen molar-refractivity contribution in [3.05, 3.63) is 57.4 Å². The Morgan fingerprint density at radius 3 is 2.66 bits per heavy atom. The van der Waals surface area contributed by atoms with Crippen LogP contribution in [0.15, 0.2) is 47.0 Å². The number of benzene rings is 1. The van der Waals surface area contributed by atoms with E-state index in [4.69, 9.17) is 10.1 Å². The topological polar surface area (TPSA) is 80.0 Å². The van der Waals surface area contributed by atoms with Crippen LogP contribution in [0.5, 0.6) is 5.75 Å². The molecule has 0 saturated carbocycles. The summed E-state index contributed by atoms with van der Waals surface area (Å²) in [5, 5.41) is 19.8. The van der Waals surface area contributed by atoms with E-state index >= 15 is 0 Å². The van der Waals surface area contributed by atoms with E-state index in [9.17, 15) is 9.90 Å². The average Bonchev–Trinajstić information content (AvgIpc) is 3.25. The number of anilines is 1. The van der Waals surface area contributed by atoms with Gasteiger partial charge in [0.15, 0.2) is 11.6 Å². The molecule has 5 rings (SSSR count). The van der Waals surface area contributed by atoms with E-state index in [2.05, 4.69) is 37.5 Å². The predicted molar refractivity (Wildman–Crippen MR) is 113 cm³/mol. The smallest absolute Gasteiger partial charge is 0.226 e. The number of ketones is 1. The van der Waals surface area contributed by atoms with Gasteiger partial charge in [-0.1, -0.05) is 13.8 Å². The van der Waals surface area contributed by atoms with E-state index in [-0.39, 0.29) is 23.0 Å². The average molecular weight is 407 g/mol. The summed E-state index contributed by atoms with van der Waals surface area (Å²) in [4.78, 5) is 19.0. The largest absolute Gasteiger partial charge is 0.508 e. The number of aromatic hydroxyl groups is 1. The maximum atomic E-state index is 13.2. The molecule has 0 fully saturated rings. The zero-order chi connectivity index (χ0) is 20.3. The molecule has 1 unspecified atom stereocenters. The van der Waals surface area contributed by atoms with Crippen molar-refractivity contribution in [2.45, 2.75) is 39.7 Å². The number of carbonyl (C=O) groups is 1. The van der Waals surface area contributed by atoms with Gasteiger partial charge in [0.1, 0.15) is 11.8 Å². The lowest BCUT2D eigenvalue weighted by Crippen LogP contribution is -2.36. The molecule has 1 aliphatic carbocycles. The third-order valence-corrected chi connectivity index (χ3v) is 6.68. The molecule has 0 amide bonds. The molecule has 2 aromatic heterocycles. The third kappa shape index (κ3) is 2.97. The third-order valence-electron chi connectivity index (χ3n) is 5.61. The standard InChI is InChI=1S/C22H22N4O2S/c1-12-8-9-29-19(12)18-17-15(10-22(2,3)11-16(17)28)23-21-24-20(25-26(18)21)13-4-6-14(27)7-5-13/h4-9,18,27H,10-11H2,1-3H3,(H,23,24,25). The van der Waals surface area contributed by atoms with Crippen molar-refractivity contribution in [3.63, 3.8) is 0 Å². The van der Waals surface area contributed by atoms with Gasteiger partial charge >= 0.3 is 0 Å². The number of nitrogens with one attached hydrogen (secondary N) is 1. The number of carbonyl (C=O) groups excluding carboxylic acids is 1. The molecule has 3 aromatic rings. The summed E-state index contributed by atoms with van der Waals surface area (Å²) in [6.07, 6.45) is 1.33. The van der Waals surface area contributed by atoms with Gasteiger partial charge in [-0.3, -0.25) is 4.79 Å². The highest BCUT2D eigenvalue weighted by Crippen LogP contribution is 2.47. The molecule has 3 heterocycles. The van der Waals surface area contributed by atoms with Gasteiger partial charge in [-0.2, -0.15) is 4.98 Å². The van der Waals surface area contributed by atoms with Crippen molar-refractivity contribution >= 4 is 23.1 Å². The fourth-order valence-corrected chi connectivity index (χ4v) is 5.27. The van der Waals surface area contributed by atoms with Gasteiger partial charge in [0.25, 0.3) is 0 Å². The normalized spacial score (nSPS) is 20.2. The van der Waals surface area contributed by atoms with E-state index in [0.717, 1.165) is 33.7 Å². The number of hydrogen-bond donors (Lipinski definition) is 2. The van der Waals surface area contributed by atoms with Crippen LogP contribution in [-0.2, 0) is 4.79 Å². The van der Waals surface area contributed by atoms with E-state index < -0.39 is 0 Å². The van der Waals surface area contributed by atoms with Gasteiger partial charge in [-0.15, -0.1) is 16.4 Å². The SMILES string of the molecule is Cc1ccsc1C1C2=C(CC(C)(C)CC2=O)Nc2nc(-c3ccc(O)cc3)nn21. The fraction of sp³-hybridized carbons (Fsp3) is 0.318. The first-order valence-corrected chi connectivity index (χ1v) is 10.5. The number of fused-ring (bicyclic) bond motifs is 1. The fourth-order valence-electron chi connectivity index (χ4n) is 4.25. The van der Waals surface area contributed by atoms with Gasteiger partial charge in [0, 0.05) is 28.1 Å². The van der Waals surface area contributed by atoms with Gasteiger partial charge < -0.3 is 10.4 Å². The number of phenolic OH excluding ortho intramolecular Hbond substituents is 1. The summed E-state index contributed by atoms with van der Waals surface area (Å²) in [5.41, 5.74) is 3.66. The summed E-state index contributed by atoms with van der Waals surface area (Å²) < 4.78 is 1.84.